The molecule has 1 fully saturated rings. The predicted molar refractivity (Wildman–Crippen MR) is 124 cm³/mol. The molecule has 3 aromatic rings. The van der Waals surface area contributed by atoms with Gasteiger partial charge in [0.1, 0.15) is 0 Å². The third-order valence-corrected chi connectivity index (χ3v) is 7.73. The highest BCUT2D eigenvalue weighted by molar-refractivity contribution is 7.91. The molecule has 2 heterocycles. The summed E-state index contributed by atoms with van der Waals surface area (Å²) in [6.45, 7) is 6.58. The van der Waals surface area contributed by atoms with Gasteiger partial charge in [0, 0.05) is 24.2 Å². The van der Waals surface area contributed by atoms with E-state index in [1.807, 2.05) is 43.3 Å². The Kier molecular flexibility index (Phi) is 6.20. The Bertz CT molecular complexity index is 1200. The van der Waals surface area contributed by atoms with Crippen molar-refractivity contribution >= 4 is 15.7 Å². The van der Waals surface area contributed by atoms with E-state index in [1.54, 1.807) is 11.0 Å². The lowest BCUT2D eigenvalue weighted by atomic mass is 10.0. The zero-order chi connectivity index (χ0) is 22.9. The molecule has 0 bridgehead atoms. The smallest absolute Gasteiger partial charge is 0.276 e. The number of aromatic nitrogens is 1. The first-order chi connectivity index (χ1) is 15.2. The molecule has 1 aliphatic rings. The van der Waals surface area contributed by atoms with Crippen molar-refractivity contribution in [3.63, 3.8) is 0 Å². The molecule has 1 aliphatic heterocycles. The van der Waals surface area contributed by atoms with E-state index in [0.717, 1.165) is 16.7 Å². The minimum atomic E-state index is -3.15. The predicted octanol–water partition coefficient (Wildman–Crippen LogP) is 4.60. The largest absolute Gasteiger partial charge is 0.355 e. The summed E-state index contributed by atoms with van der Waals surface area (Å²) in [5.74, 6) is 0.681. The molecule has 7 heteroatoms. The Morgan fingerprint density at radius 2 is 1.81 bits per heavy atom. The van der Waals surface area contributed by atoms with E-state index in [1.165, 1.54) is 5.56 Å². The zero-order valence-corrected chi connectivity index (χ0v) is 19.4. The van der Waals surface area contributed by atoms with Crippen molar-refractivity contribution in [1.82, 2.24) is 10.1 Å². The minimum Gasteiger partial charge on any atom is -0.355 e. The SMILES string of the molecule is Cc1ccc(-c2cc(C(=O)N(Cc3ccc(C(C)C)cc3)[C@@H]3CCS(=O)(=O)C3)no2)cc1. The first kappa shape index (κ1) is 22.3. The maximum absolute atomic E-state index is 13.4. The first-order valence-corrected chi connectivity index (χ1v) is 12.7. The Balaban J connectivity index is 1.60. The fraction of sp³-hybridized carbons (Fsp3) is 0.360. The van der Waals surface area contributed by atoms with Gasteiger partial charge in [0.25, 0.3) is 5.91 Å². The number of benzene rings is 2. The molecule has 168 valence electrons. The average Bonchev–Trinajstić information content (AvgIpc) is 3.39. The summed E-state index contributed by atoms with van der Waals surface area (Å²) < 4.78 is 29.7. The standard InChI is InChI=1S/C25H28N2O4S/c1-17(2)20-10-6-19(7-11-20)15-27(22-12-13-32(29,30)16-22)25(28)23-14-24(31-26-23)21-8-4-18(3)5-9-21/h4-11,14,17,22H,12-13,15-16H2,1-3H3/t22-/m1/s1. The van der Waals surface area contributed by atoms with Crippen LogP contribution in [0.3, 0.4) is 0 Å². The van der Waals surface area contributed by atoms with Gasteiger partial charge < -0.3 is 9.42 Å². The van der Waals surface area contributed by atoms with E-state index in [-0.39, 0.29) is 29.1 Å². The van der Waals surface area contributed by atoms with Crippen molar-refractivity contribution < 1.29 is 17.7 Å². The van der Waals surface area contributed by atoms with Crippen LogP contribution in [0.1, 0.15) is 53.4 Å². The molecule has 1 saturated heterocycles. The lowest BCUT2D eigenvalue weighted by Crippen LogP contribution is -2.40. The Morgan fingerprint density at radius 3 is 2.41 bits per heavy atom. The van der Waals surface area contributed by atoms with Crippen molar-refractivity contribution in [3.8, 4) is 11.3 Å². The molecule has 1 amide bonds. The molecular formula is C25H28N2O4S. The molecule has 2 aromatic carbocycles. The highest BCUT2D eigenvalue weighted by atomic mass is 32.2. The fourth-order valence-corrected chi connectivity index (χ4v) is 5.70. The average molecular weight is 453 g/mol. The van der Waals surface area contributed by atoms with Crippen molar-refractivity contribution in [2.75, 3.05) is 11.5 Å². The summed E-state index contributed by atoms with van der Waals surface area (Å²) >= 11 is 0. The number of hydrogen-bond acceptors (Lipinski definition) is 5. The molecular weight excluding hydrogens is 424 g/mol. The molecule has 0 unspecified atom stereocenters. The van der Waals surface area contributed by atoms with Gasteiger partial charge in [-0.05, 0) is 30.4 Å². The third kappa shape index (κ3) is 4.93. The van der Waals surface area contributed by atoms with E-state index < -0.39 is 9.84 Å². The second-order valence-electron chi connectivity index (χ2n) is 8.83. The summed E-state index contributed by atoms with van der Waals surface area (Å²) in [6, 6.07) is 17.1. The quantitative estimate of drug-likeness (QED) is 0.546. The first-order valence-electron chi connectivity index (χ1n) is 10.9. The number of rotatable bonds is 6. The summed E-state index contributed by atoms with van der Waals surface area (Å²) in [5.41, 5.74) is 4.32. The molecule has 0 radical (unpaired) electrons. The Hall–Kier alpha value is -2.93. The second-order valence-corrected chi connectivity index (χ2v) is 11.1. The monoisotopic (exact) mass is 452 g/mol. The van der Waals surface area contributed by atoms with E-state index in [4.69, 9.17) is 4.52 Å². The molecule has 0 spiro atoms. The third-order valence-electron chi connectivity index (χ3n) is 5.97. The molecule has 1 aromatic heterocycles. The van der Waals surface area contributed by atoms with Gasteiger partial charge in [-0.2, -0.15) is 0 Å². The molecule has 32 heavy (non-hydrogen) atoms. The molecule has 0 aliphatic carbocycles. The van der Waals surface area contributed by atoms with Gasteiger partial charge in [-0.3, -0.25) is 4.79 Å². The number of amides is 1. The van der Waals surface area contributed by atoms with Crippen molar-refractivity contribution in [3.05, 3.63) is 77.0 Å². The van der Waals surface area contributed by atoms with Crippen LogP contribution in [-0.4, -0.2) is 41.9 Å². The van der Waals surface area contributed by atoms with Crippen LogP contribution in [0.25, 0.3) is 11.3 Å². The number of carbonyl (C=O) groups is 1. The van der Waals surface area contributed by atoms with E-state index >= 15 is 0 Å². The number of nitrogens with zero attached hydrogens (tertiary/aromatic N) is 2. The van der Waals surface area contributed by atoms with E-state index in [0.29, 0.717) is 24.6 Å². The van der Waals surface area contributed by atoms with Crippen LogP contribution in [0.15, 0.2) is 59.1 Å². The number of carbonyl (C=O) groups excluding carboxylic acids is 1. The maximum atomic E-state index is 13.4. The van der Waals surface area contributed by atoms with Crippen molar-refractivity contribution in [2.45, 2.75) is 45.7 Å². The van der Waals surface area contributed by atoms with Gasteiger partial charge in [-0.15, -0.1) is 0 Å². The van der Waals surface area contributed by atoms with Crippen LogP contribution in [0.4, 0.5) is 0 Å². The molecule has 0 N–H and O–H groups in total. The summed E-state index contributed by atoms with van der Waals surface area (Å²) in [6.07, 6.45) is 0.431. The van der Waals surface area contributed by atoms with Gasteiger partial charge in [0.2, 0.25) is 0 Å². The fourth-order valence-electron chi connectivity index (χ4n) is 3.97. The Labute approximate surface area is 189 Å². The summed E-state index contributed by atoms with van der Waals surface area (Å²) in [4.78, 5) is 15.1. The van der Waals surface area contributed by atoms with Gasteiger partial charge >= 0.3 is 0 Å². The number of aryl methyl sites for hydroxylation is 1. The minimum absolute atomic E-state index is 0.0223. The lowest BCUT2D eigenvalue weighted by Gasteiger charge is -2.27. The van der Waals surface area contributed by atoms with E-state index in [9.17, 15) is 13.2 Å². The van der Waals surface area contributed by atoms with Crippen LogP contribution < -0.4 is 0 Å². The second kappa shape index (κ2) is 8.90. The molecule has 4 rings (SSSR count). The number of sulfone groups is 1. The van der Waals surface area contributed by atoms with Crippen LogP contribution in [0.2, 0.25) is 0 Å². The van der Waals surface area contributed by atoms with Crippen molar-refractivity contribution in [1.29, 1.82) is 0 Å². The van der Waals surface area contributed by atoms with Gasteiger partial charge in [-0.25, -0.2) is 8.42 Å². The van der Waals surface area contributed by atoms with Gasteiger partial charge in [0.05, 0.1) is 11.5 Å². The van der Waals surface area contributed by atoms with Crippen LogP contribution in [0, 0.1) is 6.92 Å². The molecule has 6 nitrogen and oxygen atoms in total. The summed E-state index contributed by atoms with van der Waals surface area (Å²) in [7, 11) is -3.15. The topological polar surface area (TPSA) is 80.5 Å². The van der Waals surface area contributed by atoms with Crippen LogP contribution >= 0.6 is 0 Å². The molecule has 0 saturated carbocycles. The van der Waals surface area contributed by atoms with Crippen LogP contribution in [-0.2, 0) is 16.4 Å². The zero-order valence-electron chi connectivity index (χ0n) is 18.6. The lowest BCUT2D eigenvalue weighted by molar-refractivity contribution is 0.0670. The maximum Gasteiger partial charge on any atom is 0.276 e. The molecule has 1 atom stereocenters. The summed E-state index contributed by atoms with van der Waals surface area (Å²) in [5, 5.41) is 4.01. The van der Waals surface area contributed by atoms with Crippen LogP contribution in [0.5, 0.6) is 0 Å². The number of hydrogen-bond donors (Lipinski definition) is 0. The van der Waals surface area contributed by atoms with Gasteiger partial charge in [-0.1, -0.05) is 73.1 Å². The van der Waals surface area contributed by atoms with E-state index in [2.05, 4.69) is 31.1 Å². The van der Waals surface area contributed by atoms with Crippen molar-refractivity contribution in [2.24, 2.45) is 0 Å². The highest BCUT2D eigenvalue weighted by Crippen LogP contribution is 2.26. The highest BCUT2D eigenvalue weighted by Gasteiger charge is 2.36. The van der Waals surface area contributed by atoms with Gasteiger partial charge in [0.15, 0.2) is 21.3 Å². The Morgan fingerprint density at radius 1 is 1.12 bits per heavy atom. The normalized spacial score (nSPS) is 17.6.